The van der Waals surface area contributed by atoms with E-state index >= 15 is 0 Å². The Morgan fingerprint density at radius 3 is 2.74 bits per heavy atom. The topological polar surface area (TPSA) is 29.5 Å². The van der Waals surface area contributed by atoms with E-state index in [1.54, 1.807) is 12.0 Å². The Morgan fingerprint density at radius 1 is 1.17 bits per heavy atom. The molecule has 0 aromatic heterocycles. The predicted molar refractivity (Wildman–Crippen MR) is 82.4 cm³/mol. The number of halogens is 2. The second-order valence-corrected chi connectivity index (χ2v) is 5.56. The standard InChI is InChI=1S/C18H17F2NO2/c1-23-14-5-2-4-12(10-14)17-6-3-9-21(17)18(22)13-7-8-15(19)16(20)11-13/h2,4-5,7-8,10-11,17H,3,6,9H2,1H3. The summed E-state index contributed by atoms with van der Waals surface area (Å²) in [6.07, 6.45) is 1.71. The van der Waals surface area contributed by atoms with Gasteiger partial charge in [0, 0.05) is 12.1 Å². The summed E-state index contributed by atoms with van der Waals surface area (Å²) in [5, 5.41) is 0. The Hall–Kier alpha value is -2.43. The summed E-state index contributed by atoms with van der Waals surface area (Å²) in [5.74, 6) is -1.51. The normalized spacial score (nSPS) is 17.3. The molecule has 0 saturated carbocycles. The second-order valence-electron chi connectivity index (χ2n) is 5.56. The third-order valence-electron chi connectivity index (χ3n) is 4.16. The summed E-state index contributed by atoms with van der Waals surface area (Å²) in [6.45, 7) is 0.597. The van der Waals surface area contributed by atoms with Crippen molar-refractivity contribution in [2.75, 3.05) is 13.7 Å². The van der Waals surface area contributed by atoms with Crippen molar-refractivity contribution in [3.8, 4) is 5.75 Å². The van der Waals surface area contributed by atoms with Crippen LogP contribution in [0, 0.1) is 11.6 Å². The first-order valence-corrected chi connectivity index (χ1v) is 7.50. The van der Waals surface area contributed by atoms with Gasteiger partial charge in [0.25, 0.3) is 5.91 Å². The molecule has 1 atom stereocenters. The Labute approximate surface area is 133 Å². The van der Waals surface area contributed by atoms with Crippen LogP contribution in [0.25, 0.3) is 0 Å². The molecule has 0 bridgehead atoms. The molecule has 1 unspecified atom stereocenters. The molecule has 1 aliphatic heterocycles. The molecule has 3 rings (SSSR count). The summed E-state index contributed by atoms with van der Waals surface area (Å²) in [4.78, 5) is 14.4. The minimum Gasteiger partial charge on any atom is -0.497 e. The minimum atomic E-state index is -1.01. The molecule has 120 valence electrons. The maximum atomic E-state index is 13.4. The van der Waals surface area contributed by atoms with Gasteiger partial charge < -0.3 is 9.64 Å². The molecule has 23 heavy (non-hydrogen) atoms. The van der Waals surface area contributed by atoms with E-state index in [1.165, 1.54) is 6.07 Å². The molecule has 1 aliphatic rings. The van der Waals surface area contributed by atoms with Crippen molar-refractivity contribution >= 4 is 5.91 Å². The monoisotopic (exact) mass is 317 g/mol. The highest BCUT2D eigenvalue weighted by Gasteiger charge is 2.31. The Balaban J connectivity index is 1.88. The van der Waals surface area contributed by atoms with Crippen molar-refractivity contribution in [1.29, 1.82) is 0 Å². The largest absolute Gasteiger partial charge is 0.497 e. The fourth-order valence-electron chi connectivity index (χ4n) is 3.00. The number of amides is 1. The lowest BCUT2D eigenvalue weighted by molar-refractivity contribution is 0.0735. The van der Waals surface area contributed by atoms with Gasteiger partial charge in [-0.15, -0.1) is 0 Å². The lowest BCUT2D eigenvalue weighted by Gasteiger charge is -2.25. The summed E-state index contributed by atoms with van der Waals surface area (Å²) in [5.41, 5.74) is 1.15. The quantitative estimate of drug-likeness (QED) is 0.858. The number of hydrogen-bond acceptors (Lipinski definition) is 2. The molecule has 1 heterocycles. The molecule has 2 aromatic carbocycles. The molecule has 0 radical (unpaired) electrons. The molecule has 0 N–H and O–H groups in total. The van der Waals surface area contributed by atoms with Gasteiger partial charge in [-0.2, -0.15) is 0 Å². The minimum absolute atomic E-state index is 0.0780. The molecule has 0 spiro atoms. The van der Waals surface area contributed by atoms with Gasteiger partial charge in [0.1, 0.15) is 5.75 Å². The average molecular weight is 317 g/mol. The maximum Gasteiger partial charge on any atom is 0.254 e. The molecule has 1 fully saturated rings. The molecular weight excluding hydrogens is 300 g/mol. The number of nitrogens with zero attached hydrogens (tertiary/aromatic N) is 1. The van der Waals surface area contributed by atoms with Gasteiger partial charge in [-0.25, -0.2) is 8.78 Å². The van der Waals surface area contributed by atoms with Crippen LogP contribution in [0.4, 0.5) is 8.78 Å². The van der Waals surface area contributed by atoms with Crippen molar-refractivity contribution in [3.05, 3.63) is 65.2 Å². The smallest absolute Gasteiger partial charge is 0.254 e. The highest BCUT2D eigenvalue weighted by atomic mass is 19.2. The number of benzene rings is 2. The Bertz CT molecular complexity index is 733. The number of carbonyl (C=O) groups excluding carboxylic acids is 1. The van der Waals surface area contributed by atoms with Crippen LogP contribution in [0.15, 0.2) is 42.5 Å². The van der Waals surface area contributed by atoms with Crippen LogP contribution in [0.2, 0.25) is 0 Å². The van der Waals surface area contributed by atoms with E-state index in [0.717, 1.165) is 36.3 Å². The first-order chi connectivity index (χ1) is 11.1. The number of hydrogen-bond donors (Lipinski definition) is 0. The van der Waals surface area contributed by atoms with Gasteiger partial charge in [-0.05, 0) is 48.7 Å². The maximum absolute atomic E-state index is 13.4. The zero-order chi connectivity index (χ0) is 16.4. The van der Waals surface area contributed by atoms with Gasteiger partial charge in [0.05, 0.1) is 13.2 Å². The SMILES string of the molecule is COc1cccc(C2CCCN2C(=O)c2ccc(F)c(F)c2)c1. The van der Waals surface area contributed by atoms with Crippen molar-refractivity contribution in [1.82, 2.24) is 4.90 Å². The summed E-state index contributed by atoms with van der Waals surface area (Å²) >= 11 is 0. The fraction of sp³-hybridized carbons (Fsp3) is 0.278. The molecule has 1 amide bonds. The molecule has 2 aromatic rings. The molecular formula is C18H17F2NO2. The zero-order valence-electron chi connectivity index (χ0n) is 12.8. The van der Waals surface area contributed by atoms with Gasteiger partial charge >= 0.3 is 0 Å². The number of ether oxygens (including phenoxy) is 1. The average Bonchev–Trinajstić information content (AvgIpc) is 3.06. The van der Waals surface area contributed by atoms with Crippen LogP contribution < -0.4 is 4.74 Å². The predicted octanol–water partition coefficient (Wildman–Crippen LogP) is 3.95. The lowest BCUT2D eigenvalue weighted by Crippen LogP contribution is -2.30. The third kappa shape index (κ3) is 3.04. The van der Waals surface area contributed by atoms with Gasteiger partial charge in [0.15, 0.2) is 11.6 Å². The van der Waals surface area contributed by atoms with Crippen LogP contribution in [0.5, 0.6) is 5.75 Å². The third-order valence-corrected chi connectivity index (χ3v) is 4.16. The fourth-order valence-corrected chi connectivity index (χ4v) is 3.00. The van der Waals surface area contributed by atoms with Crippen molar-refractivity contribution < 1.29 is 18.3 Å². The van der Waals surface area contributed by atoms with E-state index < -0.39 is 11.6 Å². The number of likely N-dealkylation sites (tertiary alicyclic amines) is 1. The highest BCUT2D eigenvalue weighted by Crippen LogP contribution is 2.34. The van der Waals surface area contributed by atoms with E-state index in [1.807, 2.05) is 24.3 Å². The molecule has 3 nitrogen and oxygen atoms in total. The Kier molecular flexibility index (Phi) is 4.28. The molecule has 1 saturated heterocycles. The first kappa shape index (κ1) is 15.5. The van der Waals surface area contributed by atoms with Gasteiger partial charge in [-0.3, -0.25) is 4.79 Å². The van der Waals surface area contributed by atoms with Crippen molar-refractivity contribution in [2.45, 2.75) is 18.9 Å². The van der Waals surface area contributed by atoms with Crippen LogP contribution in [0.1, 0.15) is 34.8 Å². The lowest BCUT2D eigenvalue weighted by atomic mass is 10.0. The van der Waals surface area contributed by atoms with Crippen LogP contribution in [-0.4, -0.2) is 24.5 Å². The van der Waals surface area contributed by atoms with Crippen LogP contribution in [0.3, 0.4) is 0 Å². The highest BCUT2D eigenvalue weighted by molar-refractivity contribution is 5.94. The summed E-state index contributed by atoms with van der Waals surface area (Å²) in [6, 6.07) is 10.8. The molecule has 5 heteroatoms. The number of carbonyl (C=O) groups is 1. The summed E-state index contributed by atoms with van der Waals surface area (Å²) < 4.78 is 31.7. The van der Waals surface area contributed by atoms with E-state index in [2.05, 4.69) is 0 Å². The second kappa shape index (κ2) is 6.36. The van der Waals surface area contributed by atoms with Crippen LogP contribution >= 0.6 is 0 Å². The Morgan fingerprint density at radius 2 is 2.00 bits per heavy atom. The molecule has 0 aliphatic carbocycles. The van der Waals surface area contributed by atoms with E-state index in [0.29, 0.717) is 6.54 Å². The van der Waals surface area contributed by atoms with Crippen molar-refractivity contribution in [2.24, 2.45) is 0 Å². The first-order valence-electron chi connectivity index (χ1n) is 7.50. The summed E-state index contributed by atoms with van der Waals surface area (Å²) in [7, 11) is 1.60. The van der Waals surface area contributed by atoms with Gasteiger partial charge in [0.2, 0.25) is 0 Å². The van der Waals surface area contributed by atoms with Crippen molar-refractivity contribution in [3.63, 3.8) is 0 Å². The van der Waals surface area contributed by atoms with Gasteiger partial charge in [-0.1, -0.05) is 12.1 Å². The van der Waals surface area contributed by atoms with Crippen LogP contribution in [-0.2, 0) is 0 Å². The number of rotatable bonds is 3. The van der Waals surface area contributed by atoms with E-state index in [9.17, 15) is 13.6 Å². The number of methoxy groups -OCH3 is 1. The van der Waals surface area contributed by atoms with E-state index in [4.69, 9.17) is 4.74 Å². The zero-order valence-corrected chi connectivity index (χ0v) is 12.8. The van der Waals surface area contributed by atoms with E-state index in [-0.39, 0.29) is 17.5 Å².